The van der Waals surface area contributed by atoms with Crippen LogP contribution >= 0.6 is 22.6 Å². The van der Waals surface area contributed by atoms with Crippen molar-refractivity contribution >= 4 is 40.0 Å². The maximum Gasteiger partial charge on any atom is 0.416 e. The molecule has 0 aliphatic rings. The number of nitrogens with one attached hydrogen (secondary N) is 1. The summed E-state index contributed by atoms with van der Waals surface area (Å²) in [6.07, 6.45) is -4.49. The summed E-state index contributed by atoms with van der Waals surface area (Å²) >= 11 is 1.83. The van der Waals surface area contributed by atoms with Gasteiger partial charge in [0.15, 0.2) is 12.4 Å². The van der Waals surface area contributed by atoms with E-state index < -0.39 is 17.6 Å². The van der Waals surface area contributed by atoms with Crippen LogP contribution in [0.1, 0.15) is 22.8 Å². The Balaban J connectivity index is 1.99. The first kappa shape index (κ1) is 19.2. The van der Waals surface area contributed by atoms with Crippen LogP contribution in [-0.4, -0.2) is 18.3 Å². The molecule has 1 amide bonds. The molecule has 25 heavy (non-hydrogen) atoms. The average Bonchev–Trinajstić information content (AvgIpc) is 2.54. The van der Waals surface area contributed by atoms with Gasteiger partial charge in [0.2, 0.25) is 0 Å². The maximum absolute atomic E-state index is 12.7. The number of ketones is 1. The Morgan fingerprint density at radius 3 is 2.32 bits per heavy atom. The Labute approximate surface area is 155 Å². The SMILES string of the molecule is CC(=O)c1ccc(OCC(=O)Nc2cc(C(F)(F)F)ccc2I)cc1. The highest BCUT2D eigenvalue weighted by molar-refractivity contribution is 14.1. The van der Waals surface area contributed by atoms with Crippen LogP contribution in [0.15, 0.2) is 42.5 Å². The number of benzene rings is 2. The van der Waals surface area contributed by atoms with Crippen LogP contribution in [0, 0.1) is 3.57 Å². The van der Waals surface area contributed by atoms with E-state index >= 15 is 0 Å². The number of alkyl halides is 3. The van der Waals surface area contributed by atoms with Gasteiger partial charge in [-0.15, -0.1) is 0 Å². The highest BCUT2D eigenvalue weighted by Gasteiger charge is 2.31. The third-order valence-electron chi connectivity index (χ3n) is 3.20. The van der Waals surface area contributed by atoms with Gasteiger partial charge in [0.25, 0.3) is 5.91 Å². The van der Waals surface area contributed by atoms with E-state index in [1.54, 1.807) is 12.1 Å². The van der Waals surface area contributed by atoms with Gasteiger partial charge in [0.1, 0.15) is 5.75 Å². The number of rotatable bonds is 5. The smallest absolute Gasteiger partial charge is 0.416 e. The molecular weight excluding hydrogens is 450 g/mol. The second-order valence-corrected chi connectivity index (χ2v) is 6.27. The normalized spacial score (nSPS) is 11.1. The Morgan fingerprint density at radius 2 is 1.76 bits per heavy atom. The number of anilines is 1. The van der Waals surface area contributed by atoms with Crippen molar-refractivity contribution in [2.75, 3.05) is 11.9 Å². The lowest BCUT2D eigenvalue weighted by molar-refractivity contribution is -0.137. The van der Waals surface area contributed by atoms with Gasteiger partial charge < -0.3 is 10.1 Å². The van der Waals surface area contributed by atoms with E-state index in [-0.39, 0.29) is 18.1 Å². The Bertz CT molecular complexity index is 789. The molecule has 0 atom stereocenters. The van der Waals surface area contributed by atoms with E-state index in [0.717, 1.165) is 12.1 Å². The summed E-state index contributed by atoms with van der Waals surface area (Å²) in [4.78, 5) is 23.1. The fourth-order valence-corrected chi connectivity index (χ4v) is 2.39. The van der Waals surface area contributed by atoms with Crippen molar-refractivity contribution in [2.24, 2.45) is 0 Å². The molecule has 132 valence electrons. The molecule has 0 saturated carbocycles. The molecule has 2 rings (SSSR count). The first-order chi connectivity index (χ1) is 11.7. The molecule has 0 unspecified atom stereocenters. The third-order valence-corrected chi connectivity index (χ3v) is 4.14. The number of hydrogen-bond acceptors (Lipinski definition) is 3. The Morgan fingerprint density at radius 1 is 1.12 bits per heavy atom. The zero-order valence-corrected chi connectivity index (χ0v) is 15.1. The van der Waals surface area contributed by atoms with Gasteiger partial charge in [-0.2, -0.15) is 13.2 Å². The molecule has 1 N–H and O–H groups in total. The van der Waals surface area contributed by atoms with Gasteiger partial charge in [-0.25, -0.2) is 0 Å². The molecule has 2 aromatic rings. The van der Waals surface area contributed by atoms with Crippen LogP contribution in [0.2, 0.25) is 0 Å². The molecule has 0 aromatic heterocycles. The molecule has 0 spiro atoms. The molecule has 0 aliphatic carbocycles. The molecule has 8 heteroatoms. The number of hydrogen-bond donors (Lipinski definition) is 1. The summed E-state index contributed by atoms with van der Waals surface area (Å²) in [5, 5.41) is 2.40. The fraction of sp³-hybridized carbons (Fsp3) is 0.176. The van der Waals surface area contributed by atoms with Gasteiger partial charge in [-0.05, 0) is 72.0 Å². The Kier molecular flexibility index (Phi) is 6.04. The van der Waals surface area contributed by atoms with Crippen molar-refractivity contribution < 1.29 is 27.5 Å². The van der Waals surface area contributed by atoms with Gasteiger partial charge in [0, 0.05) is 9.13 Å². The largest absolute Gasteiger partial charge is 0.484 e. The molecular formula is C17H13F3INO3. The summed E-state index contributed by atoms with van der Waals surface area (Å²) in [5.41, 5.74) is -0.268. The van der Waals surface area contributed by atoms with E-state index in [1.807, 2.05) is 22.6 Å². The third kappa shape index (κ3) is 5.45. The van der Waals surface area contributed by atoms with Crippen molar-refractivity contribution in [1.29, 1.82) is 0 Å². The number of Topliss-reactive ketones (excluding diaryl/α,β-unsaturated/α-hetero) is 1. The molecule has 0 saturated heterocycles. The monoisotopic (exact) mass is 463 g/mol. The van der Waals surface area contributed by atoms with E-state index in [2.05, 4.69) is 5.32 Å². The van der Waals surface area contributed by atoms with E-state index in [4.69, 9.17) is 4.74 Å². The number of carbonyl (C=O) groups excluding carboxylic acids is 2. The minimum Gasteiger partial charge on any atom is -0.484 e. The molecule has 2 aromatic carbocycles. The van der Waals surface area contributed by atoms with Crippen LogP contribution in [0.25, 0.3) is 0 Å². The van der Waals surface area contributed by atoms with E-state index in [1.165, 1.54) is 25.1 Å². The molecule has 0 fully saturated rings. The number of ether oxygens (including phenoxy) is 1. The van der Waals surface area contributed by atoms with Crippen LogP contribution < -0.4 is 10.1 Å². The topological polar surface area (TPSA) is 55.4 Å². The minimum absolute atomic E-state index is 0.0657. The lowest BCUT2D eigenvalue weighted by Gasteiger charge is -2.12. The predicted molar refractivity (Wildman–Crippen MR) is 94.7 cm³/mol. The van der Waals surface area contributed by atoms with Crippen LogP contribution in [0.4, 0.5) is 18.9 Å². The second-order valence-electron chi connectivity index (χ2n) is 5.11. The van der Waals surface area contributed by atoms with Crippen molar-refractivity contribution in [3.8, 4) is 5.75 Å². The first-order valence-electron chi connectivity index (χ1n) is 7.07. The summed E-state index contributed by atoms with van der Waals surface area (Å²) < 4.78 is 43.9. The van der Waals surface area contributed by atoms with Gasteiger partial charge in [-0.3, -0.25) is 9.59 Å². The van der Waals surface area contributed by atoms with Crippen LogP contribution in [0.5, 0.6) is 5.75 Å². The second kappa shape index (κ2) is 7.85. The van der Waals surface area contributed by atoms with E-state index in [9.17, 15) is 22.8 Å². The number of halogens is 4. The van der Waals surface area contributed by atoms with Crippen molar-refractivity contribution in [2.45, 2.75) is 13.1 Å². The zero-order chi connectivity index (χ0) is 18.6. The van der Waals surface area contributed by atoms with Crippen molar-refractivity contribution in [3.63, 3.8) is 0 Å². The maximum atomic E-state index is 12.7. The summed E-state index contributed by atoms with van der Waals surface area (Å²) in [6.45, 7) is 1.06. The molecule has 0 aliphatic heterocycles. The Hall–Kier alpha value is -2.10. The zero-order valence-electron chi connectivity index (χ0n) is 13.0. The molecule has 0 bridgehead atoms. The minimum atomic E-state index is -4.49. The van der Waals surface area contributed by atoms with E-state index in [0.29, 0.717) is 14.9 Å². The fourth-order valence-electron chi connectivity index (χ4n) is 1.92. The number of carbonyl (C=O) groups is 2. The average molecular weight is 463 g/mol. The quantitative estimate of drug-likeness (QED) is 0.524. The van der Waals surface area contributed by atoms with Gasteiger partial charge in [0.05, 0.1) is 11.3 Å². The lowest BCUT2D eigenvalue weighted by atomic mass is 10.1. The van der Waals surface area contributed by atoms with Gasteiger partial charge in [-0.1, -0.05) is 0 Å². The standard InChI is InChI=1S/C17H13F3INO3/c1-10(23)11-2-5-13(6-3-11)25-9-16(24)22-15-8-12(17(18,19)20)4-7-14(15)21/h2-8H,9H2,1H3,(H,22,24). The lowest BCUT2D eigenvalue weighted by Crippen LogP contribution is -2.21. The summed E-state index contributed by atoms with van der Waals surface area (Å²) in [5.74, 6) is -0.310. The molecule has 0 radical (unpaired) electrons. The van der Waals surface area contributed by atoms with Gasteiger partial charge >= 0.3 is 6.18 Å². The highest BCUT2D eigenvalue weighted by atomic mass is 127. The van der Waals surface area contributed by atoms with Crippen molar-refractivity contribution in [3.05, 3.63) is 57.2 Å². The summed E-state index contributed by atoms with van der Waals surface area (Å²) in [6, 6.07) is 9.30. The van der Waals surface area contributed by atoms with Crippen molar-refractivity contribution in [1.82, 2.24) is 0 Å². The molecule has 0 heterocycles. The first-order valence-corrected chi connectivity index (χ1v) is 8.15. The predicted octanol–water partition coefficient (Wildman–Crippen LogP) is 4.53. The van der Waals surface area contributed by atoms with Crippen LogP contribution in [0.3, 0.4) is 0 Å². The van der Waals surface area contributed by atoms with Crippen LogP contribution in [-0.2, 0) is 11.0 Å². The molecule has 4 nitrogen and oxygen atoms in total. The summed E-state index contributed by atoms with van der Waals surface area (Å²) in [7, 11) is 0. The number of amides is 1. The highest BCUT2D eigenvalue weighted by Crippen LogP contribution is 2.32.